The van der Waals surface area contributed by atoms with Crippen LogP contribution in [-0.4, -0.2) is 21.5 Å². The van der Waals surface area contributed by atoms with Crippen molar-refractivity contribution < 1.29 is 9.59 Å². The van der Waals surface area contributed by atoms with Gasteiger partial charge in [-0.25, -0.2) is 0 Å². The van der Waals surface area contributed by atoms with Crippen LogP contribution in [0.2, 0.25) is 0 Å². The molecule has 0 spiro atoms. The van der Waals surface area contributed by atoms with Gasteiger partial charge in [-0.15, -0.1) is 22.7 Å². The number of pyridine rings is 2. The third-order valence-corrected chi connectivity index (χ3v) is 8.72. The summed E-state index contributed by atoms with van der Waals surface area (Å²) in [6, 6.07) is 23.8. The second kappa shape index (κ2) is 13.0. The minimum atomic E-state index is 0.0108. The van der Waals surface area contributed by atoms with Gasteiger partial charge in [-0.3, -0.25) is 19.6 Å². The lowest BCUT2D eigenvalue weighted by Gasteiger charge is -2.09. The predicted molar refractivity (Wildman–Crippen MR) is 178 cm³/mol. The van der Waals surface area contributed by atoms with Crippen molar-refractivity contribution >= 4 is 68.2 Å². The van der Waals surface area contributed by atoms with E-state index in [1.807, 2.05) is 123 Å². The Labute approximate surface area is 253 Å². The van der Waals surface area contributed by atoms with E-state index in [2.05, 4.69) is 9.97 Å². The average Bonchev–Trinajstić information content (AvgIpc) is 3.70. The van der Waals surface area contributed by atoms with Gasteiger partial charge in [0.15, 0.2) is 11.6 Å². The zero-order valence-electron chi connectivity index (χ0n) is 23.9. The molecule has 6 aromatic rings. The normalized spacial score (nSPS) is 11.3. The number of aromatic nitrogens is 2. The minimum Gasteiger partial charge on any atom is -0.289 e. The van der Waals surface area contributed by atoms with Gasteiger partial charge in [0.2, 0.25) is 0 Å². The van der Waals surface area contributed by atoms with Crippen molar-refractivity contribution in [2.75, 3.05) is 0 Å². The second-order valence-corrected chi connectivity index (χ2v) is 11.8. The van der Waals surface area contributed by atoms with E-state index in [4.69, 9.17) is 0 Å². The Hall–Kier alpha value is -4.52. The Balaban J connectivity index is 0.000000168. The van der Waals surface area contributed by atoms with Crippen molar-refractivity contribution in [3.8, 4) is 0 Å². The highest BCUT2D eigenvalue weighted by Crippen LogP contribution is 2.25. The van der Waals surface area contributed by atoms with E-state index < -0.39 is 0 Å². The lowest BCUT2D eigenvalue weighted by atomic mass is 9.98. The molecule has 0 radical (unpaired) electrons. The molecule has 0 unspecified atom stereocenters. The third-order valence-electron chi connectivity index (χ3n) is 7.04. The molecule has 0 amide bonds. The SMILES string of the molecule is Cc1nc2ccccc2c(C)c1C(=O)/C=C/c1cccs1.Cc1nc2ccccc2c(C)c1C(=O)/C=C/c1cccs1. The highest BCUT2D eigenvalue weighted by molar-refractivity contribution is 7.11. The van der Waals surface area contributed by atoms with Crippen LogP contribution in [0.25, 0.3) is 34.0 Å². The molecule has 0 aliphatic carbocycles. The van der Waals surface area contributed by atoms with Crippen LogP contribution in [0.1, 0.15) is 53.0 Å². The van der Waals surface area contributed by atoms with Crippen molar-refractivity contribution in [3.05, 3.63) is 139 Å². The number of allylic oxidation sites excluding steroid dienone is 2. The fraction of sp³-hybridized carbons (Fsp3) is 0.111. The van der Waals surface area contributed by atoms with Crippen molar-refractivity contribution in [1.82, 2.24) is 9.97 Å². The molecule has 4 nitrogen and oxygen atoms in total. The Kier molecular flexibility index (Phi) is 8.96. The highest BCUT2D eigenvalue weighted by Gasteiger charge is 2.15. The topological polar surface area (TPSA) is 59.9 Å². The highest BCUT2D eigenvalue weighted by atomic mass is 32.1. The van der Waals surface area contributed by atoms with Crippen LogP contribution >= 0.6 is 22.7 Å². The number of fused-ring (bicyclic) bond motifs is 2. The average molecular weight is 587 g/mol. The smallest absolute Gasteiger partial charge is 0.187 e. The van der Waals surface area contributed by atoms with Crippen LogP contribution in [0.15, 0.2) is 95.7 Å². The second-order valence-electron chi connectivity index (χ2n) is 9.85. The zero-order valence-corrected chi connectivity index (χ0v) is 25.6. The number of aryl methyl sites for hydroxylation is 4. The summed E-state index contributed by atoms with van der Waals surface area (Å²) in [6.45, 7) is 7.77. The summed E-state index contributed by atoms with van der Waals surface area (Å²) >= 11 is 3.23. The van der Waals surface area contributed by atoms with Crippen molar-refractivity contribution in [1.29, 1.82) is 0 Å². The van der Waals surface area contributed by atoms with E-state index in [0.717, 1.165) is 54.1 Å². The largest absolute Gasteiger partial charge is 0.289 e. The van der Waals surface area contributed by atoms with Crippen molar-refractivity contribution in [2.24, 2.45) is 0 Å². The fourth-order valence-electron chi connectivity index (χ4n) is 5.04. The number of carbonyl (C=O) groups excluding carboxylic acids is 2. The van der Waals surface area contributed by atoms with Gasteiger partial charge in [0.1, 0.15) is 0 Å². The molecule has 0 aliphatic rings. The molecule has 0 aliphatic heterocycles. The molecule has 0 bridgehead atoms. The summed E-state index contributed by atoms with van der Waals surface area (Å²) in [6.07, 6.45) is 7.00. The molecule has 4 aromatic heterocycles. The van der Waals surface area contributed by atoms with Crippen LogP contribution in [0.5, 0.6) is 0 Å². The van der Waals surface area contributed by atoms with Crippen molar-refractivity contribution in [3.63, 3.8) is 0 Å². The van der Waals surface area contributed by atoms with Crippen LogP contribution < -0.4 is 0 Å². The van der Waals surface area contributed by atoms with Gasteiger partial charge in [-0.2, -0.15) is 0 Å². The quantitative estimate of drug-likeness (QED) is 0.144. The Morgan fingerprint density at radius 2 is 0.976 bits per heavy atom. The van der Waals surface area contributed by atoms with Gasteiger partial charge in [-0.05, 0) is 98.2 Å². The summed E-state index contributed by atoms with van der Waals surface area (Å²) in [4.78, 5) is 36.3. The standard InChI is InChI=1S/2C18H15NOS/c2*1-12-15-7-3-4-8-16(15)19-13(2)18(12)17(20)10-9-14-6-5-11-21-14/h2*3-11H,1-2H3/b2*10-9+. The van der Waals surface area contributed by atoms with Gasteiger partial charge in [-0.1, -0.05) is 48.5 Å². The first kappa shape index (κ1) is 29.0. The molecule has 42 heavy (non-hydrogen) atoms. The number of ketones is 2. The first-order valence-corrected chi connectivity index (χ1v) is 15.3. The van der Waals surface area contributed by atoms with E-state index in [-0.39, 0.29) is 11.6 Å². The molecule has 6 rings (SSSR count). The van der Waals surface area contributed by atoms with Gasteiger partial charge in [0.05, 0.1) is 11.0 Å². The monoisotopic (exact) mass is 586 g/mol. The summed E-state index contributed by atoms with van der Waals surface area (Å²) < 4.78 is 0. The first-order chi connectivity index (χ1) is 20.3. The Bertz CT molecular complexity index is 1810. The minimum absolute atomic E-state index is 0.0108. The Morgan fingerprint density at radius 1 is 0.571 bits per heavy atom. The number of hydrogen-bond acceptors (Lipinski definition) is 6. The maximum Gasteiger partial charge on any atom is 0.187 e. The van der Waals surface area contributed by atoms with E-state index in [0.29, 0.717) is 11.1 Å². The summed E-state index contributed by atoms with van der Waals surface area (Å²) in [5.41, 5.74) is 6.86. The Morgan fingerprint density at radius 3 is 1.36 bits per heavy atom. The summed E-state index contributed by atoms with van der Waals surface area (Å²) in [5.74, 6) is 0.0216. The number of carbonyl (C=O) groups is 2. The number of thiophene rings is 2. The van der Waals surface area contributed by atoms with Crippen LogP contribution in [0.3, 0.4) is 0 Å². The van der Waals surface area contributed by atoms with Gasteiger partial charge < -0.3 is 0 Å². The summed E-state index contributed by atoms with van der Waals surface area (Å²) in [7, 11) is 0. The van der Waals surface area contributed by atoms with E-state index in [1.165, 1.54) is 0 Å². The van der Waals surface area contributed by atoms with E-state index >= 15 is 0 Å². The molecule has 4 heterocycles. The molecule has 0 atom stereocenters. The number of hydrogen-bond donors (Lipinski definition) is 0. The number of para-hydroxylation sites is 2. The number of benzene rings is 2. The maximum atomic E-state index is 12.5. The molecule has 208 valence electrons. The van der Waals surface area contributed by atoms with Gasteiger partial charge >= 0.3 is 0 Å². The van der Waals surface area contributed by atoms with Crippen LogP contribution in [0, 0.1) is 27.7 Å². The van der Waals surface area contributed by atoms with Crippen LogP contribution in [0.4, 0.5) is 0 Å². The summed E-state index contributed by atoms with van der Waals surface area (Å²) in [5, 5.41) is 6.07. The molecular formula is C36H30N2O2S2. The molecular weight excluding hydrogens is 557 g/mol. The molecule has 6 heteroatoms. The first-order valence-electron chi connectivity index (χ1n) is 13.6. The molecule has 0 saturated carbocycles. The predicted octanol–water partition coefficient (Wildman–Crippen LogP) is 9.62. The lowest BCUT2D eigenvalue weighted by Crippen LogP contribution is -2.04. The van der Waals surface area contributed by atoms with Gasteiger partial charge in [0.25, 0.3) is 0 Å². The molecule has 2 aromatic carbocycles. The van der Waals surface area contributed by atoms with Crippen molar-refractivity contribution in [2.45, 2.75) is 27.7 Å². The molecule has 0 saturated heterocycles. The van der Waals surface area contributed by atoms with E-state index in [1.54, 1.807) is 34.8 Å². The number of nitrogens with zero attached hydrogens (tertiary/aromatic N) is 2. The maximum absolute atomic E-state index is 12.5. The zero-order chi connectivity index (χ0) is 29.6. The molecule has 0 N–H and O–H groups in total. The third kappa shape index (κ3) is 6.35. The van der Waals surface area contributed by atoms with Gasteiger partial charge in [0, 0.05) is 43.0 Å². The number of rotatable bonds is 6. The fourth-order valence-corrected chi connectivity index (χ4v) is 6.28. The van der Waals surface area contributed by atoms with Crippen LogP contribution in [-0.2, 0) is 0 Å². The lowest BCUT2D eigenvalue weighted by molar-refractivity contribution is 0.103. The van der Waals surface area contributed by atoms with E-state index in [9.17, 15) is 9.59 Å². The molecule has 0 fully saturated rings.